The summed E-state index contributed by atoms with van der Waals surface area (Å²) < 4.78 is 11.3. The summed E-state index contributed by atoms with van der Waals surface area (Å²) in [6, 6.07) is 13.4. The van der Waals surface area contributed by atoms with Crippen LogP contribution in [0.15, 0.2) is 51.7 Å². The third-order valence-electron chi connectivity index (χ3n) is 3.99. The summed E-state index contributed by atoms with van der Waals surface area (Å²) >= 11 is 0. The van der Waals surface area contributed by atoms with Crippen molar-refractivity contribution in [3.05, 3.63) is 75.1 Å². The number of fused-ring (bicyclic) bond motifs is 1. The van der Waals surface area contributed by atoms with Gasteiger partial charge < -0.3 is 9.15 Å². The van der Waals surface area contributed by atoms with E-state index in [9.17, 15) is 4.79 Å². The first-order valence-electron chi connectivity index (χ1n) is 7.27. The molecule has 3 aromatic rings. The Morgan fingerprint density at radius 2 is 1.77 bits per heavy atom. The van der Waals surface area contributed by atoms with E-state index >= 15 is 0 Å². The lowest BCUT2D eigenvalue weighted by Gasteiger charge is -2.11. The first-order valence-corrected chi connectivity index (χ1v) is 7.27. The highest BCUT2D eigenvalue weighted by molar-refractivity contribution is 5.83. The number of rotatable bonds is 3. The summed E-state index contributed by atoms with van der Waals surface area (Å²) in [5.41, 5.74) is 4.32. The molecule has 3 heteroatoms. The molecule has 0 N–H and O–H groups in total. The van der Waals surface area contributed by atoms with Crippen LogP contribution in [0.2, 0.25) is 0 Å². The van der Waals surface area contributed by atoms with E-state index in [-0.39, 0.29) is 5.63 Å². The van der Waals surface area contributed by atoms with Crippen molar-refractivity contribution >= 4 is 11.0 Å². The molecule has 0 saturated carbocycles. The van der Waals surface area contributed by atoms with Crippen molar-refractivity contribution in [3.8, 4) is 5.75 Å². The van der Waals surface area contributed by atoms with Crippen LogP contribution in [0.4, 0.5) is 0 Å². The Morgan fingerprint density at radius 1 is 1.00 bits per heavy atom. The predicted octanol–water partition coefficient (Wildman–Crippen LogP) is 4.30. The number of aryl methyl sites for hydroxylation is 3. The van der Waals surface area contributed by atoms with Gasteiger partial charge in [-0.05, 0) is 43.5 Å². The van der Waals surface area contributed by atoms with E-state index < -0.39 is 0 Å². The van der Waals surface area contributed by atoms with Crippen LogP contribution in [0, 0.1) is 20.8 Å². The molecule has 0 aliphatic carbocycles. The van der Waals surface area contributed by atoms with Crippen LogP contribution in [0.5, 0.6) is 5.75 Å². The normalized spacial score (nSPS) is 10.9. The standard InChI is InChI=1S/C19H18O3/c1-12-8-9-16-15(10-18(20)22-19(16)14(12)3)11-21-17-7-5-4-6-13(17)2/h4-10H,11H2,1-3H3. The molecule has 0 atom stereocenters. The maximum atomic E-state index is 11.8. The maximum Gasteiger partial charge on any atom is 0.336 e. The van der Waals surface area contributed by atoms with Gasteiger partial charge in [0, 0.05) is 17.0 Å². The second-order valence-electron chi connectivity index (χ2n) is 5.53. The van der Waals surface area contributed by atoms with E-state index in [1.165, 1.54) is 6.07 Å². The highest BCUT2D eigenvalue weighted by Gasteiger charge is 2.10. The summed E-state index contributed by atoms with van der Waals surface area (Å²) in [4.78, 5) is 11.8. The second-order valence-corrected chi connectivity index (χ2v) is 5.53. The average Bonchev–Trinajstić information content (AvgIpc) is 2.50. The van der Waals surface area contributed by atoms with Crippen molar-refractivity contribution in [2.75, 3.05) is 0 Å². The topological polar surface area (TPSA) is 39.4 Å². The highest BCUT2D eigenvalue weighted by Crippen LogP contribution is 2.25. The minimum atomic E-state index is -0.343. The van der Waals surface area contributed by atoms with Crippen molar-refractivity contribution < 1.29 is 9.15 Å². The van der Waals surface area contributed by atoms with E-state index in [0.29, 0.717) is 12.2 Å². The van der Waals surface area contributed by atoms with Gasteiger partial charge in [0.15, 0.2) is 0 Å². The molecule has 0 saturated heterocycles. The molecule has 3 rings (SSSR count). The number of hydrogen-bond donors (Lipinski definition) is 0. The minimum absolute atomic E-state index is 0.343. The fourth-order valence-electron chi connectivity index (χ4n) is 2.52. The molecule has 0 radical (unpaired) electrons. The van der Waals surface area contributed by atoms with Crippen LogP contribution >= 0.6 is 0 Å². The van der Waals surface area contributed by atoms with E-state index in [1.807, 2.05) is 57.2 Å². The van der Waals surface area contributed by atoms with Gasteiger partial charge in [-0.2, -0.15) is 0 Å². The Morgan fingerprint density at radius 3 is 2.55 bits per heavy atom. The monoisotopic (exact) mass is 294 g/mol. The van der Waals surface area contributed by atoms with Crippen LogP contribution in [0.1, 0.15) is 22.3 Å². The Hall–Kier alpha value is -2.55. The SMILES string of the molecule is Cc1ccccc1OCc1cc(=O)oc2c(C)c(C)ccc12. The number of benzene rings is 2. The Balaban J connectivity index is 2.02. The Bertz CT molecular complexity index is 891. The largest absolute Gasteiger partial charge is 0.489 e. The van der Waals surface area contributed by atoms with Crippen molar-refractivity contribution in [3.63, 3.8) is 0 Å². The predicted molar refractivity (Wildman–Crippen MR) is 87.5 cm³/mol. The molecule has 0 aliphatic heterocycles. The molecule has 3 nitrogen and oxygen atoms in total. The zero-order valence-electron chi connectivity index (χ0n) is 13.0. The molecule has 22 heavy (non-hydrogen) atoms. The van der Waals surface area contributed by atoms with Gasteiger partial charge in [0.1, 0.15) is 17.9 Å². The Kier molecular flexibility index (Phi) is 3.72. The molecular formula is C19H18O3. The van der Waals surface area contributed by atoms with Crippen LogP contribution in [-0.4, -0.2) is 0 Å². The van der Waals surface area contributed by atoms with Crippen molar-refractivity contribution in [2.45, 2.75) is 27.4 Å². The molecular weight excluding hydrogens is 276 g/mol. The molecule has 0 aliphatic rings. The van der Waals surface area contributed by atoms with E-state index in [1.54, 1.807) is 0 Å². The smallest absolute Gasteiger partial charge is 0.336 e. The molecule has 0 spiro atoms. The van der Waals surface area contributed by atoms with E-state index in [4.69, 9.17) is 9.15 Å². The first-order chi connectivity index (χ1) is 10.6. The zero-order valence-corrected chi connectivity index (χ0v) is 13.0. The van der Waals surface area contributed by atoms with Crippen LogP contribution in [0.3, 0.4) is 0 Å². The lowest BCUT2D eigenvalue weighted by Crippen LogP contribution is -2.05. The van der Waals surface area contributed by atoms with Gasteiger partial charge in [0.05, 0.1) is 0 Å². The summed E-state index contributed by atoms with van der Waals surface area (Å²) in [6.07, 6.45) is 0. The molecule has 1 heterocycles. The summed E-state index contributed by atoms with van der Waals surface area (Å²) in [5.74, 6) is 0.827. The fourth-order valence-corrected chi connectivity index (χ4v) is 2.52. The third kappa shape index (κ3) is 2.62. The summed E-state index contributed by atoms with van der Waals surface area (Å²) in [7, 11) is 0. The van der Waals surface area contributed by atoms with Crippen LogP contribution in [-0.2, 0) is 6.61 Å². The number of hydrogen-bond acceptors (Lipinski definition) is 3. The van der Waals surface area contributed by atoms with Crippen LogP contribution in [0.25, 0.3) is 11.0 Å². The molecule has 0 fully saturated rings. The molecule has 112 valence electrons. The highest BCUT2D eigenvalue weighted by atomic mass is 16.5. The molecule has 0 amide bonds. The molecule has 2 aromatic carbocycles. The van der Waals surface area contributed by atoms with Gasteiger partial charge in [-0.3, -0.25) is 0 Å². The minimum Gasteiger partial charge on any atom is -0.489 e. The summed E-state index contributed by atoms with van der Waals surface area (Å²) in [6.45, 7) is 6.31. The lowest BCUT2D eigenvalue weighted by atomic mass is 10.0. The van der Waals surface area contributed by atoms with Crippen molar-refractivity contribution in [1.29, 1.82) is 0 Å². The van der Waals surface area contributed by atoms with Crippen molar-refractivity contribution in [2.24, 2.45) is 0 Å². The van der Waals surface area contributed by atoms with Gasteiger partial charge in [0.25, 0.3) is 0 Å². The third-order valence-corrected chi connectivity index (χ3v) is 3.99. The quantitative estimate of drug-likeness (QED) is 0.676. The average molecular weight is 294 g/mol. The van der Waals surface area contributed by atoms with E-state index in [0.717, 1.165) is 33.4 Å². The zero-order chi connectivity index (χ0) is 15.7. The number of para-hydroxylation sites is 1. The van der Waals surface area contributed by atoms with Gasteiger partial charge in [0.2, 0.25) is 0 Å². The van der Waals surface area contributed by atoms with Crippen molar-refractivity contribution in [1.82, 2.24) is 0 Å². The molecule has 1 aromatic heterocycles. The molecule has 0 unspecified atom stereocenters. The Labute approximate surface area is 129 Å². The van der Waals surface area contributed by atoms with Gasteiger partial charge in [-0.1, -0.05) is 30.3 Å². The number of ether oxygens (including phenoxy) is 1. The van der Waals surface area contributed by atoms with E-state index in [2.05, 4.69) is 0 Å². The van der Waals surface area contributed by atoms with Crippen LogP contribution < -0.4 is 10.4 Å². The fraction of sp³-hybridized carbons (Fsp3) is 0.211. The maximum absolute atomic E-state index is 11.8. The lowest BCUT2D eigenvalue weighted by molar-refractivity contribution is 0.304. The van der Waals surface area contributed by atoms with Gasteiger partial charge in [-0.15, -0.1) is 0 Å². The molecule has 0 bridgehead atoms. The second kappa shape index (κ2) is 5.68. The summed E-state index contributed by atoms with van der Waals surface area (Å²) in [5, 5.41) is 0.927. The van der Waals surface area contributed by atoms with Gasteiger partial charge >= 0.3 is 5.63 Å². The van der Waals surface area contributed by atoms with Gasteiger partial charge in [-0.25, -0.2) is 4.79 Å². The first kappa shape index (κ1) is 14.4.